The van der Waals surface area contributed by atoms with Gasteiger partial charge in [-0.15, -0.1) is 0 Å². The molecule has 4 heteroatoms. The van der Waals surface area contributed by atoms with Crippen molar-refractivity contribution in [1.82, 2.24) is 0 Å². The lowest BCUT2D eigenvalue weighted by Crippen LogP contribution is -2.27. The molecule has 0 amide bonds. The fourth-order valence-corrected chi connectivity index (χ4v) is 0.887. The van der Waals surface area contributed by atoms with Crippen LogP contribution in [0.2, 0.25) is 0 Å². The first-order chi connectivity index (χ1) is 6.61. The average molecular weight is 201 g/mol. The molecule has 0 heterocycles. The number of hydrogen-bond acceptors (Lipinski definition) is 4. The van der Waals surface area contributed by atoms with Crippen molar-refractivity contribution in [1.29, 1.82) is 0 Å². The molecular formula is C10H17O4. The molecule has 0 N–H and O–H groups in total. The SMILES string of the molecule is CCCC(O[C]=O)C(=O)OCC(C)C. The van der Waals surface area contributed by atoms with Gasteiger partial charge in [0, 0.05) is 0 Å². The van der Waals surface area contributed by atoms with E-state index in [-0.39, 0.29) is 5.92 Å². The Kier molecular flexibility index (Phi) is 6.80. The lowest BCUT2D eigenvalue weighted by molar-refractivity contribution is -0.154. The third-order valence-corrected chi connectivity index (χ3v) is 1.56. The maximum Gasteiger partial charge on any atom is 0.418 e. The first-order valence-corrected chi connectivity index (χ1v) is 4.81. The van der Waals surface area contributed by atoms with Crippen LogP contribution in [0.25, 0.3) is 0 Å². The minimum atomic E-state index is -0.795. The minimum absolute atomic E-state index is 0.279. The topological polar surface area (TPSA) is 52.6 Å². The molecule has 0 aromatic carbocycles. The quantitative estimate of drug-likeness (QED) is 0.585. The van der Waals surface area contributed by atoms with Gasteiger partial charge in [-0.1, -0.05) is 27.2 Å². The van der Waals surface area contributed by atoms with Crippen LogP contribution in [0, 0.1) is 5.92 Å². The summed E-state index contributed by atoms with van der Waals surface area (Å²) in [4.78, 5) is 21.3. The van der Waals surface area contributed by atoms with E-state index in [1.165, 1.54) is 6.47 Å². The second kappa shape index (κ2) is 7.35. The fourth-order valence-electron chi connectivity index (χ4n) is 0.887. The van der Waals surface area contributed by atoms with E-state index >= 15 is 0 Å². The van der Waals surface area contributed by atoms with Crippen molar-refractivity contribution >= 4 is 12.4 Å². The zero-order valence-corrected chi connectivity index (χ0v) is 8.91. The number of carbonyl (C=O) groups excluding carboxylic acids is 2. The Morgan fingerprint density at radius 2 is 2.07 bits per heavy atom. The highest BCUT2D eigenvalue weighted by Gasteiger charge is 2.20. The summed E-state index contributed by atoms with van der Waals surface area (Å²) in [5, 5.41) is 0. The molecule has 0 aromatic heterocycles. The smallest absolute Gasteiger partial charge is 0.418 e. The van der Waals surface area contributed by atoms with Gasteiger partial charge in [0.25, 0.3) is 0 Å². The number of ether oxygens (including phenoxy) is 2. The zero-order valence-electron chi connectivity index (χ0n) is 8.91. The van der Waals surface area contributed by atoms with Crippen molar-refractivity contribution in [2.24, 2.45) is 5.92 Å². The third-order valence-electron chi connectivity index (χ3n) is 1.56. The lowest BCUT2D eigenvalue weighted by atomic mass is 10.2. The molecule has 0 aliphatic heterocycles. The van der Waals surface area contributed by atoms with Crippen LogP contribution >= 0.6 is 0 Å². The van der Waals surface area contributed by atoms with Crippen LogP contribution in [0.4, 0.5) is 0 Å². The number of esters is 1. The summed E-state index contributed by atoms with van der Waals surface area (Å²) in [5.41, 5.74) is 0. The largest absolute Gasteiger partial charge is 0.463 e. The molecule has 4 nitrogen and oxygen atoms in total. The molecule has 0 aliphatic rings. The molecular weight excluding hydrogens is 184 g/mol. The van der Waals surface area contributed by atoms with Gasteiger partial charge in [0.05, 0.1) is 6.61 Å². The highest BCUT2D eigenvalue weighted by atomic mass is 16.6. The average Bonchev–Trinajstić information content (AvgIpc) is 2.14. The van der Waals surface area contributed by atoms with E-state index in [1.54, 1.807) is 0 Å². The maximum atomic E-state index is 11.3. The monoisotopic (exact) mass is 201 g/mol. The molecule has 0 fully saturated rings. The van der Waals surface area contributed by atoms with Crippen molar-refractivity contribution in [3.05, 3.63) is 0 Å². The molecule has 0 aliphatic carbocycles. The Morgan fingerprint density at radius 3 is 2.50 bits per heavy atom. The number of rotatable bonds is 7. The van der Waals surface area contributed by atoms with Crippen molar-refractivity contribution in [3.8, 4) is 0 Å². The molecule has 1 radical (unpaired) electrons. The standard InChI is InChI=1S/C10H17O4/c1-4-5-9(14-7-11)10(12)13-6-8(2)3/h8-9H,4-6H2,1-3H3. The van der Waals surface area contributed by atoms with E-state index in [4.69, 9.17) is 4.74 Å². The van der Waals surface area contributed by atoms with Crippen LogP contribution in [-0.4, -0.2) is 25.2 Å². The molecule has 0 spiro atoms. The minimum Gasteiger partial charge on any atom is -0.463 e. The van der Waals surface area contributed by atoms with Crippen LogP contribution in [0.15, 0.2) is 0 Å². The van der Waals surface area contributed by atoms with Crippen LogP contribution in [0.1, 0.15) is 33.6 Å². The van der Waals surface area contributed by atoms with Crippen LogP contribution < -0.4 is 0 Å². The molecule has 1 unspecified atom stereocenters. The van der Waals surface area contributed by atoms with Crippen molar-refractivity contribution < 1.29 is 19.1 Å². The summed E-state index contributed by atoms with van der Waals surface area (Å²) in [5.74, 6) is -0.203. The molecule has 0 saturated carbocycles. The van der Waals surface area contributed by atoms with Crippen LogP contribution in [0.3, 0.4) is 0 Å². The summed E-state index contributed by atoms with van der Waals surface area (Å²) in [6.45, 7) is 7.40. The first-order valence-electron chi connectivity index (χ1n) is 4.81. The predicted molar refractivity (Wildman–Crippen MR) is 51.3 cm³/mol. The summed E-state index contributed by atoms with van der Waals surface area (Å²) in [6.07, 6.45) is 0.436. The van der Waals surface area contributed by atoms with E-state index in [9.17, 15) is 9.59 Å². The van der Waals surface area contributed by atoms with E-state index in [0.717, 1.165) is 6.42 Å². The van der Waals surface area contributed by atoms with E-state index < -0.39 is 12.1 Å². The van der Waals surface area contributed by atoms with Gasteiger partial charge in [-0.3, -0.25) is 0 Å². The number of carbonyl (C=O) groups is 1. The Morgan fingerprint density at radius 1 is 1.43 bits per heavy atom. The molecule has 81 valence electrons. The first kappa shape index (κ1) is 12.9. The lowest BCUT2D eigenvalue weighted by Gasteiger charge is -2.13. The summed E-state index contributed by atoms with van der Waals surface area (Å²) >= 11 is 0. The second-order valence-electron chi connectivity index (χ2n) is 3.50. The Hall–Kier alpha value is -1.06. The van der Waals surface area contributed by atoms with E-state index in [2.05, 4.69) is 4.74 Å². The van der Waals surface area contributed by atoms with Gasteiger partial charge in [-0.25, -0.2) is 9.59 Å². The highest BCUT2D eigenvalue weighted by molar-refractivity contribution is 5.75. The molecule has 0 aromatic rings. The van der Waals surface area contributed by atoms with Crippen molar-refractivity contribution in [2.45, 2.75) is 39.7 Å². The molecule has 0 saturated heterocycles. The predicted octanol–water partition coefficient (Wildman–Crippen LogP) is 1.44. The van der Waals surface area contributed by atoms with Gasteiger partial charge < -0.3 is 9.47 Å². The second-order valence-corrected chi connectivity index (χ2v) is 3.50. The Bertz CT molecular complexity index is 177. The molecule has 0 rings (SSSR count). The van der Waals surface area contributed by atoms with Gasteiger partial charge in [0.2, 0.25) is 0 Å². The maximum absolute atomic E-state index is 11.3. The van der Waals surface area contributed by atoms with Crippen molar-refractivity contribution in [3.63, 3.8) is 0 Å². The van der Waals surface area contributed by atoms with Crippen LogP contribution in [0.5, 0.6) is 0 Å². The third kappa shape index (κ3) is 5.56. The van der Waals surface area contributed by atoms with Gasteiger partial charge in [0.1, 0.15) is 0 Å². The summed E-state index contributed by atoms with van der Waals surface area (Å²) in [6, 6.07) is 0. The number of hydrogen-bond donors (Lipinski definition) is 0. The fraction of sp³-hybridized carbons (Fsp3) is 0.800. The zero-order chi connectivity index (χ0) is 11.0. The van der Waals surface area contributed by atoms with Gasteiger partial charge in [0.15, 0.2) is 6.10 Å². The van der Waals surface area contributed by atoms with Crippen LogP contribution in [-0.2, 0) is 19.1 Å². The molecule has 0 bridgehead atoms. The van der Waals surface area contributed by atoms with Gasteiger partial charge >= 0.3 is 12.4 Å². The molecule has 1 atom stereocenters. The van der Waals surface area contributed by atoms with E-state index in [1.807, 2.05) is 20.8 Å². The Balaban J connectivity index is 3.94. The molecule has 14 heavy (non-hydrogen) atoms. The van der Waals surface area contributed by atoms with Crippen molar-refractivity contribution in [2.75, 3.05) is 6.61 Å². The van der Waals surface area contributed by atoms with Gasteiger partial charge in [-0.05, 0) is 12.3 Å². The normalized spacial score (nSPS) is 12.3. The summed E-state index contributed by atoms with van der Waals surface area (Å²) in [7, 11) is 0. The highest BCUT2D eigenvalue weighted by Crippen LogP contribution is 2.04. The van der Waals surface area contributed by atoms with E-state index in [0.29, 0.717) is 13.0 Å². The van der Waals surface area contributed by atoms with Gasteiger partial charge in [-0.2, -0.15) is 0 Å². The summed E-state index contributed by atoms with van der Waals surface area (Å²) < 4.78 is 9.42. The Labute approximate surface area is 84.6 Å².